The number of hydrogen-bond donors (Lipinski definition) is 1. The zero-order valence-corrected chi connectivity index (χ0v) is 19.7. The Kier molecular flexibility index (Phi) is 6.80. The molecule has 0 spiro atoms. The summed E-state index contributed by atoms with van der Waals surface area (Å²) in [4.78, 5) is 29.9. The molecule has 1 atom stereocenters. The van der Waals surface area contributed by atoms with Crippen LogP contribution in [-0.2, 0) is 16.0 Å². The van der Waals surface area contributed by atoms with Crippen LogP contribution in [0.1, 0.15) is 59.2 Å². The van der Waals surface area contributed by atoms with Crippen molar-refractivity contribution in [2.24, 2.45) is 0 Å². The number of furan rings is 1. The van der Waals surface area contributed by atoms with Gasteiger partial charge in [0.05, 0.1) is 6.42 Å². The summed E-state index contributed by atoms with van der Waals surface area (Å²) in [7, 11) is 0. The number of carbonyl (C=O) groups is 2. The fourth-order valence-corrected chi connectivity index (χ4v) is 5.19. The molecule has 2 heterocycles. The van der Waals surface area contributed by atoms with E-state index in [-0.39, 0.29) is 24.3 Å². The van der Waals surface area contributed by atoms with Crippen LogP contribution in [0.4, 0.5) is 5.69 Å². The number of benzene rings is 1. The summed E-state index contributed by atoms with van der Waals surface area (Å²) < 4.78 is 5.93. The first-order valence-corrected chi connectivity index (χ1v) is 12.1. The Bertz CT molecular complexity index is 1060. The Morgan fingerprint density at radius 1 is 1.09 bits per heavy atom. The van der Waals surface area contributed by atoms with Crippen molar-refractivity contribution in [1.82, 2.24) is 5.32 Å². The van der Waals surface area contributed by atoms with Gasteiger partial charge in [0.2, 0.25) is 5.91 Å². The number of aryl methyl sites for hydroxylation is 3. The van der Waals surface area contributed by atoms with Crippen LogP contribution in [0.5, 0.6) is 0 Å². The van der Waals surface area contributed by atoms with Crippen molar-refractivity contribution in [1.29, 1.82) is 0 Å². The monoisotopic (exact) mass is 450 g/mol. The van der Waals surface area contributed by atoms with Gasteiger partial charge in [0.25, 0.3) is 5.91 Å². The molecule has 1 fully saturated rings. The lowest BCUT2D eigenvalue weighted by Crippen LogP contribution is -2.46. The fraction of sp³-hybridized carbons (Fsp3) is 0.385. The Labute approximate surface area is 193 Å². The number of nitrogens with zero attached hydrogens (tertiary/aromatic N) is 1. The largest absolute Gasteiger partial charge is 0.464 e. The van der Waals surface area contributed by atoms with Gasteiger partial charge in [-0.25, -0.2) is 0 Å². The number of rotatable bonds is 7. The highest BCUT2D eigenvalue weighted by Gasteiger charge is 2.36. The van der Waals surface area contributed by atoms with Crippen LogP contribution in [0.15, 0.2) is 52.3 Å². The van der Waals surface area contributed by atoms with Gasteiger partial charge in [-0.1, -0.05) is 25.0 Å². The number of carbonyl (C=O) groups excluding carboxylic acids is 2. The molecule has 1 aliphatic rings. The van der Waals surface area contributed by atoms with Crippen LogP contribution in [0.3, 0.4) is 0 Å². The van der Waals surface area contributed by atoms with Crippen LogP contribution in [0.2, 0.25) is 0 Å². The molecule has 4 rings (SSSR count). The minimum atomic E-state index is -0.863. The van der Waals surface area contributed by atoms with Crippen LogP contribution in [-0.4, -0.2) is 17.9 Å². The van der Waals surface area contributed by atoms with Gasteiger partial charge in [-0.3, -0.25) is 14.5 Å². The van der Waals surface area contributed by atoms with Crippen molar-refractivity contribution >= 4 is 28.8 Å². The highest BCUT2D eigenvalue weighted by molar-refractivity contribution is 7.10. The molecule has 168 valence electrons. The second-order valence-corrected chi connectivity index (χ2v) is 9.74. The molecular weight excluding hydrogens is 420 g/mol. The summed E-state index contributed by atoms with van der Waals surface area (Å²) in [5.74, 6) is 0.879. The van der Waals surface area contributed by atoms with Gasteiger partial charge in [0, 0.05) is 16.6 Å². The Hall–Kier alpha value is -2.86. The zero-order valence-electron chi connectivity index (χ0n) is 18.9. The predicted molar refractivity (Wildman–Crippen MR) is 128 cm³/mol. The Morgan fingerprint density at radius 3 is 2.41 bits per heavy atom. The van der Waals surface area contributed by atoms with Crippen molar-refractivity contribution in [2.75, 3.05) is 4.90 Å². The summed E-state index contributed by atoms with van der Waals surface area (Å²) in [6.07, 6.45) is 4.42. The predicted octanol–water partition coefficient (Wildman–Crippen LogP) is 5.64. The summed E-state index contributed by atoms with van der Waals surface area (Å²) in [6, 6.07) is 12.8. The molecule has 5 nitrogen and oxygen atoms in total. The highest BCUT2D eigenvalue weighted by Crippen LogP contribution is 2.32. The van der Waals surface area contributed by atoms with Gasteiger partial charge < -0.3 is 9.73 Å². The third-order valence-electron chi connectivity index (χ3n) is 5.90. The van der Waals surface area contributed by atoms with Crippen LogP contribution >= 0.6 is 11.3 Å². The Balaban J connectivity index is 1.77. The maximum atomic E-state index is 13.7. The van der Waals surface area contributed by atoms with Crippen molar-refractivity contribution < 1.29 is 14.0 Å². The average molecular weight is 451 g/mol. The second kappa shape index (κ2) is 9.74. The van der Waals surface area contributed by atoms with Gasteiger partial charge in [-0.15, -0.1) is 11.3 Å². The molecule has 1 N–H and O–H groups in total. The summed E-state index contributed by atoms with van der Waals surface area (Å²) in [6.45, 7) is 5.86. The van der Waals surface area contributed by atoms with Crippen LogP contribution < -0.4 is 10.2 Å². The van der Waals surface area contributed by atoms with Gasteiger partial charge in [-0.05, 0) is 80.5 Å². The molecular formula is C26H30N2O3S. The molecule has 6 heteroatoms. The third-order valence-corrected chi connectivity index (χ3v) is 6.77. The minimum absolute atomic E-state index is 0.127. The van der Waals surface area contributed by atoms with Gasteiger partial charge in [0.1, 0.15) is 11.5 Å². The van der Waals surface area contributed by atoms with Gasteiger partial charge in [-0.2, -0.15) is 0 Å². The molecule has 0 bridgehead atoms. The van der Waals surface area contributed by atoms with E-state index in [0.29, 0.717) is 17.2 Å². The zero-order chi connectivity index (χ0) is 22.7. The van der Waals surface area contributed by atoms with E-state index in [2.05, 4.69) is 11.4 Å². The van der Waals surface area contributed by atoms with Crippen molar-refractivity contribution in [3.05, 3.63) is 75.4 Å². The lowest BCUT2D eigenvalue weighted by Gasteiger charge is -2.31. The standard InChI is InChI=1S/C26H30N2O3S/c1-17-13-18(2)15-21(14-17)28(24(29)16-22-9-6-12-32-22)25(23-11-10-19(3)31-23)26(30)27-20-7-4-5-8-20/h6,9-15,20,25H,4-5,7-8,16H2,1-3H3,(H,27,30)/t25-/m1/s1. The molecule has 1 aromatic carbocycles. The summed E-state index contributed by atoms with van der Waals surface area (Å²) in [5, 5.41) is 5.15. The van der Waals surface area contributed by atoms with Crippen molar-refractivity contribution in [3.8, 4) is 0 Å². The van der Waals surface area contributed by atoms with Crippen molar-refractivity contribution in [3.63, 3.8) is 0 Å². The summed E-state index contributed by atoms with van der Waals surface area (Å²) >= 11 is 1.54. The quantitative estimate of drug-likeness (QED) is 0.506. The number of nitrogens with one attached hydrogen (secondary N) is 1. The molecule has 1 saturated carbocycles. The first kappa shape index (κ1) is 22.3. The summed E-state index contributed by atoms with van der Waals surface area (Å²) in [5.41, 5.74) is 2.80. The van der Waals surface area contributed by atoms with E-state index in [4.69, 9.17) is 4.42 Å². The van der Waals surface area contributed by atoms with Crippen LogP contribution in [0, 0.1) is 20.8 Å². The molecule has 0 unspecified atom stereocenters. The van der Waals surface area contributed by atoms with E-state index in [9.17, 15) is 9.59 Å². The normalized spacial score (nSPS) is 15.0. The number of hydrogen-bond acceptors (Lipinski definition) is 4. The second-order valence-electron chi connectivity index (χ2n) is 8.71. The third kappa shape index (κ3) is 5.13. The van der Waals surface area contributed by atoms with Gasteiger partial charge >= 0.3 is 0 Å². The van der Waals surface area contributed by atoms with Crippen molar-refractivity contribution in [2.45, 2.75) is 65.0 Å². The number of anilines is 1. The van der Waals surface area contributed by atoms with E-state index < -0.39 is 6.04 Å². The molecule has 0 aliphatic heterocycles. The molecule has 0 saturated heterocycles. The first-order chi connectivity index (χ1) is 15.4. The minimum Gasteiger partial charge on any atom is -0.464 e. The molecule has 3 aromatic rings. The first-order valence-electron chi connectivity index (χ1n) is 11.2. The molecule has 0 radical (unpaired) electrons. The van der Waals surface area contributed by atoms with E-state index >= 15 is 0 Å². The molecule has 2 aromatic heterocycles. The smallest absolute Gasteiger partial charge is 0.251 e. The lowest BCUT2D eigenvalue weighted by atomic mass is 10.1. The topological polar surface area (TPSA) is 62.6 Å². The Morgan fingerprint density at radius 2 is 1.81 bits per heavy atom. The molecule has 32 heavy (non-hydrogen) atoms. The maximum Gasteiger partial charge on any atom is 0.251 e. The number of amides is 2. The van der Waals surface area contributed by atoms with E-state index in [1.54, 1.807) is 16.2 Å². The van der Waals surface area contributed by atoms with E-state index in [1.165, 1.54) is 0 Å². The van der Waals surface area contributed by atoms with E-state index in [1.807, 2.05) is 62.5 Å². The maximum absolute atomic E-state index is 13.7. The average Bonchev–Trinajstić information content (AvgIpc) is 3.49. The van der Waals surface area contributed by atoms with Crippen LogP contribution in [0.25, 0.3) is 0 Å². The highest BCUT2D eigenvalue weighted by atomic mass is 32.1. The van der Waals surface area contributed by atoms with E-state index in [0.717, 1.165) is 41.7 Å². The molecule has 1 aliphatic carbocycles. The SMILES string of the molecule is Cc1cc(C)cc(N(C(=O)Cc2cccs2)[C@@H](C(=O)NC2CCCC2)c2ccc(C)o2)c1. The fourth-order valence-electron chi connectivity index (χ4n) is 4.50. The molecule has 2 amide bonds. The number of thiophene rings is 1. The van der Waals surface area contributed by atoms with Gasteiger partial charge in [0.15, 0.2) is 6.04 Å². The lowest BCUT2D eigenvalue weighted by molar-refractivity contribution is -0.127.